The van der Waals surface area contributed by atoms with Gasteiger partial charge in [-0.05, 0) is 58.7 Å². The number of rotatable bonds is 8. The first-order chi connectivity index (χ1) is 17.7. The Hall–Kier alpha value is -3.15. The van der Waals surface area contributed by atoms with Crippen LogP contribution in [-0.2, 0) is 20.7 Å². The minimum absolute atomic E-state index is 0. The lowest BCUT2D eigenvalue weighted by Gasteiger charge is -2.35. The van der Waals surface area contributed by atoms with E-state index in [4.69, 9.17) is 10.5 Å². The average molecular weight is 579 g/mol. The summed E-state index contributed by atoms with van der Waals surface area (Å²) in [5.41, 5.74) is 6.67. The van der Waals surface area contributed by atoms with Gasteiger partial charge in [0.1, 0.15) is 6.04 Å². The Balaban J connectivity index is 0.00000533. The number of nitrogens with one attached hydrogen (secondary N) is 1. The molecule has 2 aromatic rings. The van der Waals surface area contributed by atoms with Crippen molar-refractivity contribution in [1.29, 1.82) is 0 Å². The lowest BCUT2D eigenvalue weighted by atomic mass is 9.96. The first-order valence-electron chi connectivity index (χ1n) is 12.2. The number of carbonyl (C=O) groups is 3. The smallest absolute Gasteiger partial charge is 0.338 e. The predicted octanol–water partition coefficient (Wildman–Crippen LogP) is 3.71. The molecule has 2 amide bonds. The maximum absolute atomic E-state index is 13.9. The van der Waals surface area contributed by atoms with Crippen LogP contribution in [0.3, 0.4) is 0 Å². The van der Waals surface area contributed by atoms with E-state index >= 15 is 0 Å². The van der Waals surface area contributed by atoms with E-state index in [0.717, 1.165) is 5.56 Å². The van der Waals surface area contributed by atoms with Gasteiger partial charge in [-0.1, -0.05) is 30.3 Å². The van der Waals surface area contributed by atoms with Crippen molar-refractivity contribution in [3.05, 3.63) is 75.8 Å². The number of benzene rings is 2. The van der Waals surface area contributed by atoms with E-state index in [-0.39, 0.29) is 41.9 Å². The third-order valence-corrected chi connectivity index (χ3v) is 7.44. The number of nitro groups is 1. The van der Waals surface area contributed by atoms with Crippen LogP contribution in [-0.4, -0.2) is 62.0 Å². The van der Waals surface area contributed by atoms with Gasteiger partial charge in [-0.25, -0.2) is 4.79 Å². The molecule has 1 heterocycles. The SMILES string of the molecule is CC(C)(C)NC(=O)[C@H]1N(C(=O)[C@@H](OC(=O)c2ccc([N+](=O)[O-])cc2)[C@@H](N)Cc2ccccc2)CSC1(C)C.Cl. The fraction of sp³-hybridized carbons (Fsp3) is 0.444. The summed E-state index contributed by atoms with van der Waals surface area (Å²) in [4.78, 5) is 52.1. The number of thioether (sulfide) groups is 1. The molecular weight excluding hydrogens is 544 g/mol. The molecule has 12 heteroatoms. The maximum Gasteiger partial charge on any atom is 0.338 e. The third kappa shape index (κ3) is 8.17. The summed E-state index contributed by atoms with van der Waals surface area (Å²) in [7, 11) is 0. The molecule has 0 aromatic heterocycles. The van der Waals surface area contributed by atoms with Crippen molar-refractivity contribution in [2.24, 2.45) is 5.73 Å². The number of halogens is 1. The summed E-state index contributed by atoms with van der Waals surface area (Å²) in [5, 5.41) is 13.9. The molecule has 0 radical (unpaired) electrons. The van der Waals surface area contributed by atoms with E-state index in [0.29, 0.717) is 0 Å². The summed E-state index contributed by atoms with van der Waals surface area (Å²) in [6, 6.07) is 12.4. The van der Waals surface area contributed by atoms with E-state index in [1.54, 1.807) is 0 Å². The van der Waals surface area contributed by atoms with Gasteiger partial charge in [0.05, 0.1) is 22.4 Å². The van der Waals surface area contributed by atoms with E-state index in [1.807, 2.05) is 65.0 Å². The highest BCUT2D eigenvalue weighted by molar-refractivity contribution is 8.00. The highest BCUT2D eigenvalue weighted by Gasteiger charge is 2.50. The minimum Gasteiger partial charge on any atom is -0.447 e. The number of hydrogen-bond acceptors (Lipinski definition) is 8. The number of nitrogens with two attached hydrogens (primary N) is 1. The Labute approximate surface area is 238 Å². The zero-order valence-corrected chi connectivity index (χ0v) is 24.2. The van der Waals surface area contributed by atoms with Gasteiger partial charge in [0.2, 0.25) is 5.91 Å². The largest absolute Gasteiger partial charge is 0.447 e. The van der Waals surface area contributed by atoms with Crippen LogP contribution in [0.1, 0.15) is 50.5 Å². The van der Waals surface area contributed by atoms with Gasteiger partial charge >= 0.3 is 5.97 Å². The number of carbonyl (C=O) groups excluding carboxylic acids is 3. The van der Waals surface area contributed by atoms with Crippen molar-refractivity contribution < 1.29 is 24.0 Å². The van der Waals surface area contributed by atoms with Gasteiger partial charge in [-0.3, -0.25) is 19.7 Å². The molecule has 0 saturated carbocycles. The molecule has 0 unspecified atom stereocenters. The summed E-state index contributed by atoms with van der Waals surface area (Å²) < 4.78 is 5.08. The van der Waals surface area contributed by atoms with E-state index in [1.165, 1.54) is 40.9 Å². The van der Waals surface area contributed by atoms with Crippen molar-refractivity contribution >= 4 is 47.6 Å². The fourth-order valence-electron chi connectivity index (χ4n) is 4.23. The topological polar surface area (TPSA) is 145 Å². The lowest BCUT2D eigenvalue weighted by Crippen LogP contribution is -2.60. The van der Waals surface area contributed by atoms with E-state index in [2.05, 4.69) is 5.32 Å². The average Bonchev–Trinajstić information content (AvgIpc) is 3.16. The molecule has 3 atom stereocenters. The highest BCUT2D eigenvalue weighted by Crippen LogP contribution is 2.40. The highest BCUT2D eigenvalue weighted by atomic mass is 35.5. The molecule has 0 aliphatic carbocycles. The first-order valence-corrected chi connectivity index (χ1v) is 13.2. The van der Waals surface area contributed by atoms with Gasteiger partial charge in [0.25, 0.3) is 11.6 Å². The predicted molar refractivity (Wildman–Crippen MR) is 153 cm³/mol. The van der Waals surface area contributed by atoms with Crippen LogP contribution < -0.4 is 11.1 Å². The van der Waals surface area contributed by atoms with Crippen molar-refractivity contribution in [2.75, 3.05) is 5.88 Å². The molecule has 3 rings (SSSR count). The first kappa shape index (κ1) is 32.1. The zero-order chi connectivity index (χ0) is 28.3. The second-order valence-corrected chi connectivity index (χ2v) is 12.4. The monoisotopic (exact) mass is 578 g/mol. The van der Waals surface area contributed by atoms with Crippen LogP contribution in [0.5, 0.6) is 0 Å². The summed E-state index contributed by atoms with van der Waals surface area (Å²) >= 11 is 1.45. The lowest BCUT2D eigenvalue weighted by molar-refractivity contribution is -0.384. The van der Waals surface area contributed by atoms with Gasteiger partial charge in [0, 0.05) is 22.4 Å². The third-order valence-electron chi connectivity index (χ3n) is 6.07. The number of amides is 2. The number of nitro benzene ring substituents is 1. The standard InChI is InChI=1S/C27H34N4O6S.ClH/c1-26(2,3)29-23(32)22-27(4,5)38-16-30(22)24(33)21(20(28)15-17-9-7-6-8-10-17)37-25(34)18-11-13-19(14-12-18)31(35)36;/h6-14,20-22H,15-16,28H2,1-5H3,(H,29,32);1H/t20-,21-,22+;/m0./s1. The summed E-state index contributed by atoms with van der Waals surface area (Å²) in [6.45, 7) is 9.35. The van der Waals surface area contributed by atoms with E-state index < -0.39 is 45.3 Å². The molecule has 0 spiro atoms. The summed E-state index contributed by atoms with van der Waals surface area (Å²) in [6.07, 6.45) is -1.15. The van der Waals surface area contributed by atoms with Crippen molar-refractivity contribution in [3.8, 4) is 0 Å². The van der Waals surface area contributed by atoms with Gasteiger partial charge in [-0.2, -0.15) is 0 Å². The van der Waals surface area contributed by atoms with Crippen LogP contribution in [0.2, 0.25) is 0 Å². The van der Waals surface area contributed by atoms with Crippen LogP contribution in [0, 0.1) is 10.1 Å². The molecule has 1 aliphatic rings. The molecule has 3 N–H and O–H groups in total. The molecule has 1 saturated heterocycles. The number of hydrogen-bond donors (Lipinski definition) is 2. The van der Waals surface area contributed by atoms with Crippen molar-refractivity contribution in [3.63, 3.8) is 0 Å². The molecule has 10 nitrogen and oxygen atoms in total. The number of ether oxygens (including phenoxy) is 1. The number of non-ortho nitro benzene ring substituents is 1. The normalized spacial score (nSPS) is 17.9. The second-order valence-electron chi connectivity index (χ2n) is 10.8. The second kappa shape index (κ2) is 12.8. The van der Waals surface area contributed by atoms with Gasteiger partial charge in [0.15, 0.2) is 6.10 Å². The van der Waals surface area contributed by atoms with Gasteiger partial charge in [-0.15, -0.1) is 24.2 Å². The maximum atomic E-state index is 13.9. The Bertz CT molecular complexity index is 1190. The zero-order valence-electron chi connectivity index (χ0n) is 22.6. The van der Waals surface area contributed by atoms with Crippen LogP contribution in [0.25, 0.3) is 0 Å². The Morgan fingerprint density at radius 2 is 1.74 bits per heavy atom. The van der Waals surface area contributed by atoms with Gasteiger partial charge < -0.3 is 20.7 Å². The fourth-order valence-corrected chi connectivity index (χ4v) is 5.37. The molecule has 39 heavy (non-hydrogen) atoms. The quantitative estimate of drug-likeness (QED) is 0.274. The molecule has 0 bridgehead atoms. The van der Waals surface area contributed by atoms with E-state index in [9.17, 15) is 24.5 Å². The Kier molecular flexibility index (Phi) is 10.5. The minimum atomic E-state index is -1.39. The molecule has 2 aromatic carbocycles. The van der Waals surface area contributed by atoms with Crippen LogP contribution in [0.4, 0.5) is 5.69 Å². The van der Waals surface area contributed by atoms with Crippen LogP contribution >= 0.6 is 24.2 Å². The Morgan fingerprint density at radius 3 is 2.28 bits per heavy atom. The molecule has 212 valence electrons. The number of esters is 1. The van der Waals surface area contributed by atoms with Crippen LogP contribution in [0.15, 0.2) is 54.6 Å². The Morgan fingerprint density at radius 1 is 1.15 bits per heavy atom. The van der Waals surface area contributed by atoms with Crippen molar-refractivity contribution in [1.82, 2.24) is 10.2 Å². The molecule has 1 fully saturated rings. The molecular formula is C27H35ClN4O6S. The summed E-state index contributed by atoms with van der Waals surface area (Å²) in [5.74, 6) is -1.50. The van der Waals surface area contributed by atoms with Crippen molar-refractivity contribution in [2.45, 2.75) is 69.5 Å². The number of nitrogens with zero attached hydrogens (tertiary/aromatic N) is 2. The molecule has 1 aliphatic heterocycles.